The monoisotopic (exact) mass is 274 g/mol. The number of methoxy groups -OCH3 is 1. The van der Waals surface area contributed by atoms with E-state index in [-0.39, 0.29) is 11.4 Å². The predicted molar refractivity (Wildman–Crippen MR) is 75.1 cm³/mol. The van der Waals surface area contributed by atoms with Gasteiger partial charge in [0.05, 0.1) is 18.1 Å². The molecular weight excluding hydrogens is 260 g/mol. The zero-order valence-electron chi connectivity index (χ0n) is 10.9. The largest absolute Gasteiger partial charge is 0.508 e. The summed E-state index contributed by atoms with van der Waals surface area (Å²) in [6, 6.07) is 11.4. The number of phenols is 1. The lowest BCUT2D eigenvalue weighted by molar-refractivity contribution is -0.384. The second kappa shape index (κ2) is 5.92. The average Bonchev–Trinajstić information content (AvgIpc) is 2.46. The summed E-state index contributed by atoms with van der Waals surface area (Å²) in [4.78, 5) is 10.4. The summed E-state index contributed by atoms with van der Waals surface area (Å²) in [6.45, 7) is 0.419. The molecule has 2 rings (SSSR count). The number of hydrogen-bond donors (Lipinski definition) is 2. The normalized spacial score (nSPS) is 10.1. The fourth-order valence-electron chi connectivity index (χ4n) is 1.80. The van der Waals surface area contributed by atoms with E-state index in [1.54, 1.807) is 7.11 Å². The Bertz CT molecular complexity index is 628. The van der Waals surface area contributed by atoms with Gasteiger partial charge in [-0.15, -0.1) is 0 Å². The van der Waals surface area contributed by atoms with Crippen LogP contribution in [0.3, 0.4) is 0 Å². The number of nitrogens with one attached hydrogen (secondary N) is 1. The molecule has 0 amide bonds. The number of nitro benzene ring substituents is 1. The van der Waals surface area contributed by atoms with Crippen molar-refractivity contribution in [2.24, 2.45) is 0 Å². The van der Waals surface area contributed by atoms with Crippen LogP contribution in [0.4, 0.5) is 11.4 Å². The zero-order valence-corrected chi connectivity index (χ0v) is 10.9. The van der Waals surface area contributed by atoms with Gasteiger partial charge in [0.2, 0.25) is 0 Å². The number of aromatic hydroxyl groups is 1. The lowest BCUT2D eigenvalue weighted by atomic mass is 10.2. The van der Waals surface area contributed by atoms with Gasteiger partial charge in [-0.2, -0.15) is 0 Å². The topological polar surface area (TPSA) is 84.6 Å². The van der Waals surface area contributed by atoms with E-state index in [1.807, 2.05) is 24.3 Å². The Morgan fingerprint density at radius 2 is 2.10 bits per heavy atom. The Hall–Kier alpha value is -2.76. The van der Waals surface area contributed by atoms with Crippen molar-refractivity contribution in [1.29, 1.82) is 0 Å². The second-order valence-electron chi connectivity index (χ2n) is 4.16. The van der Waals surface area contributed by atoms with Crippen LogP contribution in [-0.2, 0) is 6.54 Å². The van der Waals surface area contributed by atoms with E-state index in [1.165, 1.54) is 12.1 Å². The molecule has 0 radical (unpaired) electrons. The van der Waals surface area contributed by atoms with Crippen LogP contribution >= 0.6 is 0 Å². The molecule has 2 aromatic rings. The molecule has 0 heterocycles. The molecule has 0 aromatic heterocycles. The maximum Gasteiger partial charge on any atom is 0.296 e. The molecule has 20 heavy (non-hydrogen) atoms. The molecular formula is C14H14N2O4. The first kappa shape index (κ1) is 13.7. The Balaban J connectivity index is 2.16. The molecule has 0 spiro atoms. The van der Waals surface area contributed by atoms with E-state index in [0.717, 1.165) is 17.4 Å². The van der Waals surface area contributed by atoms with Gasteiger partial charge in [-0.05, 0) is 29.8 Å². The molecule has 0 aliphatic carbocycles. The molecule has 0 fully saturated rings. The third-order valence-corrected chi connectivity index (χ3v) is 2.80. The number of nitro groups is 1. The van der Waals surface area contributed by atoms with Gasteiger partial charge in [-0.25, -0.2) is 0 Å². The number of anilines is 1. The molecule has 0 bridgehead atoms. The molecule has 6 nitrogen and oxygen atoms in total. The molecule has 0 saturated carbocycles. The van der Waals surface area contributed by atoms with Gasteiger partial charge in [-0.3, -0.25) is 10.1 Å². The molecule has 0 atom stereocenters. The molecule has 2 aromatic carbocycles. The number of nitrogens with zero attached hydrogens (tertiary/aromatic N) is 1. The van der Waals surface area contributed by atoms with Crippen LogP contribution in [0.15, 0.2) is 42.5 Å². The van der Waals surface area contributed by atoms with Crippen LogP contribution in [0.25, 0.3) is 0 Å². The highest BCUT2D eigenvalue weighted by Gasteiger charge is 2.14. The highest BCUT2D eigenvalue weighted by molar-refractivity contribution is 5.63. The summed E-state index contributed by atoms with van der Waals surface area (Å²) >= 11 is 0. The summed E-state index contributed by atoms with van der Waals surface area (Å²) in [5, 5.41) is 23.2. The number of hydrogen-bond acceptors (Lipinski definition) is 5. The molecule has 0 aliphatic heterocycles. The number of phenolic OH excluding ortho intramolecular Hbond substituents is 1. The van der Waals surface area contributed by atoms with E-state index in [4.69, 9.17) is 4.74 Å². The minimum Gasteiger partial charge on any atom is -0.508 e. The first-order valence-corrected chi connectivity index (χ1v) is 5.94. The zero-order chi connectivity index (χ0) is 14.5. The lowest BCUT2D eigenvalue weighted by Crippen LogP contribution is -2.02. The van der Waals surface area contributed by atoms with E-state index >= 15 is 0 Å². The predicted octanol–water partition coefficient (Wildman–Crippen LogP) is 2.92. The summed E-state index contributed by atoms with van der Waals surface area (Å²) < 4.78 is 5.12. The van der Waals surface area contributed by atoms with Crippen LogP contribution < -0.4 is 10.1 Å². The maximum atomic E-state index is 10.9. The van der Waals surface area contributed by atoms with Crippen LogP contribution in [0.5, 0.6) is 11.5 Å². The minimum absolute atomic E-state index is 0.136. The summed E-state index contributed by atoms with van der Waals surface area (Å²) in [5.74, 6) is 0.591. The molecule has 0 unspecified atom stereocenters. The van der Waals surface area contributed by atoms with Gasteiger partial charge >= 0.3 is 0 Å². The van der Waals surface area contributed by atoms with Crippen molar-refractivity contribution in [3.63, 3.8) is 0 Å². The van der Waals surface area contributed by atoms with Crippen molar-refractivity contribution in [1.82, 2.24) is 0 Å². The smallest absolute Gasteiger partial charge is 0.296 e. The van der Waals surface area contributed by atoms with Gasteiger partial charge in [0.1, 0.15) is 17.2 Å². The summed E-state index contributed by atoms with van der Waals surface area (Å²) in [6.07, 6.45) is 0. The molecule has 6 heteroatoms. The number of benzene rings is 2. The fraction of sp³-hybridized carbons (Fsp3) is 0.143. The van der Waals surface area contributed by atoms with E-state index < -0.39 is 4.92 Å². The van der Waals surface area contributed by atoms with Gasteiger partial charge in [0.25, 0.3) is 5.69 Å². The molecule has 0 saturated heterocycles. The molecule has 104 valence electrons. The molecule has 2 N–H and O–H groups in total. The SMILES string of the molecule is COc1cccc(CNc2ccc(O)cc2[N+](=O)[O-])c1. The van der Waals surface area contributed by atoms with E-state index in [2.05, 4.69) is 5.32 Å². The van der Waals surface area contributed by atoms with Crippen molar-refractivity contribution < 1.29 is 14.8 Å². The Morgan fingerprint density at radius 3 is 2.80 bits per heavy atom. The first-order chi connectivity index (χ1) is 9.60. The van der Waals surface area contributed by atoms with Gasteiger partial charge < -0.3 is 15.2 Å². The van der Waals surface area contributed by atoms with Crippen LogP contribution in [0.2, 0.25) is 0 Å². The Labute approximate surface area is 115 Å². The summed E-state index contributed by atoms with van der Waals surface area (Å²) in [5.41, 5.74) is 1.13. The third kappa shape index (κ3) is 3.17. The highest BCUT2D eigenvalue weighted by atomic mass is 16.6. The highest BCUT2D eigenvalue weighted by Crippen LogP contribution is 2.28. The second-order valence-corrected chi connectivity index (χ2v) is 4.16. The lowest BCUT2D eigenvalue weighted by Gasteiger charge is -2.08. The quantitative estimate of drug-likeness (QED) is 0.497. The van der Waals surface area contributed by atoms with Crippen molar-refractivity contribution >= 4 is 11.4 Å². The Morgan fingerprint density at radius 1 is 1.30 bits per heavy atom. The Kier molecular flexibility index (Phi) is 4.05. The molecule has 0 aliphatic rings. The van der Waals surface area contributed by atoms with Gasteiger partial charge in [-0.1, -0.05) is 12.1 Å². The minimum atomic E-state index is -0.534. The van der Waals surface area contributed by atoms with E-state index in [0.29, 0.717) is 12.2 Å². The van der Waals surface area contributed by atoms with Crippen molar-refractivity contribution in [3.05, 3.63) is 58.1 Å². The van der Waals surface area contributed by atoms with Gasteiger partial charge in [0.15, 0.2) is 0 Å². The number of rotatable bonds is 5. The standard InChI is InChI=1S/C14H14N2O4/c1-20-12-4-2-3-10(7-12)9-15-13-6-5-11(17)8-14(13)16(18)19/h2-8,15,17H,9H2,1H3. The van der Waals surface area contributed by atoms with E-state index in [9.17, 15) is 15.2 Å². The average molecular weight is 274 g/mol. The fourth-order valence-corrected chi connectivity index (χ4v) is 1.80. The third-order valence-electron chi connectivity index (χ3n) is 2.80. The van der Waals surface area contributed by atoms with Crippen molar-refractivity contribution in [2.75, 3.05) is 12.4 Å². The van der Waals surface area contributed by atoms with Crippen LogP contribution in [-0.4, -0.2) is 17.1 Å². The van der Waals surface area contributed by atoms with Crippen LogP contribution in [0.1, 0.15) is 5.56 Å². The van der Waals surface area contributed by atoms with Crippen LogP contribution in [0, 0.1) is 10.1 Å². The van der Waals surface area contributed by atoms with Gasteiger partial charge in [0, 0.05) is 6.54 Å². The maximum absolute atomic E-state index is 10.9. The first-order valence-electron chi connectivity index (χ1n) is 5.94. The summed E-state index contributed by atoms with van der Waals surface area (Å²) in [7, 11) is 1.58. The number of ether oxygens (including phenoxy) is 1. The van der Waals surface area contributed by atoms with Crippen molar-refractivity contribution in [3.8, 4) is 11.5 Å². The van der Waals surface area contributed by atoms with Crippen molar-refractivity contribution in [2.45, 2.75) is 6.54 Å².